The van der Waals surface area contributed by atoms with Crippen molar-refractivity contribution in [1.82, 2.24) is 20.2 Å². The second-order valence-corrected chi connectivity index (χ2v) is 6.30. The van der Waals surface area contributed by atoms with E-state index in [1.165, 1.54) is 13.1 Å². The van der Waals surface area contributed by atoms with E-state index in [4.69, 9.17) is 16.7 Å². The second-order valence-electron chi connectivity index (χ2n) is 3.90. The summed E-state index contributed by atoms with van der Waals surface area (Å²) in [6.45, 7) is 0. The Bertz CT molecular complexity index is 771. The topological polar surface area (TPSA) is 115 Å². The van der Waals surface area contributed by atoms with E-state index in [9.17, 15) is 13.2 Å². The Morgan fingerprint density at radius 1 is 1.45 bits per heavy atom. The van der Waals surface area contributed by atoms with Crippen molar-refractivity contribution in [2.75, 3.05) is 0 Å². The van der Waals surface area contributed by atoms with E-state index >= 15 is 0 Å². The lowest BCUT2D eigenvalue weighted by atomic mass is 10.2. The van der Waals surface area contributed by atoms with Gasteiger partial charge in [-0.25, -0.2) is 13.2 Å². The molecule has 0 aliphatic rings. The fourth-order valence-electron chi connectivity index (χ4n) is 1.50. The minimum Gasteiger partial charge on any atom is -0.478 e. The molecule has 0 saturated carbocycles. The molecule has 8 nitrogen and oxygen atoms in total. The Kier molecular flexibility index (Phi) is 3.73. The van der Waals surface area contributed by atoms with Crippen molar-refractivity contribution in [3.8, 4) is 0 Å². The molecule has 10 heteroatoms. The maximum atomic E-state index is 12.1. The van der Waals surface area contributed by atoms with E-state index in [0.717, 1.165) is 16.9 Å². The molecule has 2 rings (SSSR count). The van der Waals surface area contributed by atoms with Gasteiger partial charge < -0.3 is 5.11 Å². The molecule has 1 N–H and O–H groups in total. The highest BCUT2D eigenvalue weighted by atomic mass is 35.5. The molecular formula is C10H9ClN4O4S. The maximum Gasteiger partial charge on any atom is 0.337 e. The molecule has 0 radical (unpaired) electrons. The number of sulfone groups is 1. The van der Waals surface area contributed by atoms with Crippen LogP contribution < -0.4 is 0 Å². The molecule has 0 aliphatic heterocycles. The molecule has 2 aromatic rings. The van der Waals surface area contributed by atoms with Crippen LogP contribution in [0.25, 0.3) is 0 Å². The summed E-state index contributed by atoms with van der Waals surface area (Å²) in [6, 6.07) is 3.42. The van der Waals surface area contributed by atoms with Crippen LogP contribution in [0.1, 0.15) is 16.2 Å². The third-order valence-corrected chi connectivity index (χ3v) is 4.32. The number of nitrogens with zero attached hydrogens (tertiary/aromatic N) is 4. The van der Waals surface area contributed by atoms with Crippen LogP contribution in [-0.2, 0) is 22.6 Å². The molecule has 0 spiro atoms. The number of carbonyl (C=O) groups is 1. The Balaban J connectivity index is 2.35. The number of rotatable bonds is 4. The maximum absolute atomic E-state index is 12.1. The fourth-order valence-corrected chi connectivity index (χ4v) is 3.02. The minimum absolute atomic E-state index is 0.0472. The van der Waals surface area contributed by atoms with Gasteiger partial charge in [0, 0.05) is 0 Å². The van der Waals surface area contributed by atoms with Gasteiger partial charge in [0.25, 0.3) is 0 Å². The predicted molar refractivity (Wildman–Crippen MR) is 68.1 cm³/mol. The van der Waals surface area contributed by atoms with Crippen LogP contribution in [-0.4, -0.2) is 39.7 Å². The zero-order valence-corrected chi connectivity index (χ0v) is 11.8. The van der Waals surface area contributed by atoms with Gasteiger partial charge in [-0.2, -0.15) is 4.80 Å². The lowest BCUT2D eigenvalue weighted by Crippen LogP contribution is -2.08. The number of aromatic nitrogens is 4. The van der Waals surface area contributed by atoms with Gasteiger partial charge in [-0.3, -0.25) is 0 Å². The molecule has 0 aliphatic carbocycles. The molecule has 0 saturated heterocycles. The number of halogens is 1. The highest BCUT2D eigenvalue weighted by Gasteiger charge is 2.20. The molecule has 0 amide bonds. The average molecular weight is 317 g/mol. The number of carboxylic acids is 1. The van der Waals surface area contributed by atoms with E-state index in [2.05, 4.69) is 15.4 Å². The van der Waals surface area contributed by atoms with Crippen LogP contribution in [0.2, 0.25) is 5.02 Å². The fraction of sp³-hybridized carbons (Fsp3) is 0.200. The Labute approximate surface area is 118 Å². The molecule has 0 bridgehead atoms. The normalized spacial score (nSPS) is 11.5. The smallest absolute Gasteiger partial charge is 0.337 e. The van der Waals surface area contributed by atoms with E-state index < -0.39 is 21.6 Å². The number of aryl methyl sites for hydroxylation is 1. The third kappa shape index (κ3) is 2.94. The van der Waals surface area contributed by atoms with Crippen LogP contribution >= 0.6 is 11.6 Å². The molecule has 106 valence electrons. The van der Waals surface area contributed by atoms with Crippen molar-refractivity contribution >= 4 is 27.4 Å². The van der Waals surface area contributed by atoms with E-state index in [1.807, 2.05) is 0 Å². The molecule has 20 heavy (non-hydrogen) atoms. The first-order chi connectivity index (χ1) is 9.29. The molecular weight excluding hydrogens is 308 g/mol. The SMILES string of the molecule is Cn1nnc(CS(=O)(=O)c2ccc(C(=O)O)c(Cl)c2)n1. The number of hydrogen-bond donors (Lipinski definition) is 1. The molecule has 0 atom stereocenters. The molecule has 1 aromatic heterocycles. The zero-order valence-electron chi connectivity index (χ0n) is 10.2. The molecule has 1 aromatic carbocycles. The summed E-state index contributed by atoms with van der Waals surface area (Å²) in [5.41, 5.74) is -0.164. The zero-order chi connectivity index (χ0) is 14.9. The van der Waals surface area contributed by atoms with E-state index in [-0.39, 0.29) is 21.3 Å². The molecule has 0 fully saturated rings. The highest BCUT2D eigenvalue weighted by Crippen LogP contribution is 2.22. The van der Waals surface area contributed by atoms with Gasteiger partial charge in [-0.15, -0.1) is 10.2 Å². The summed E-state index contributed by atoms with van der Waals surface area (Å²) in [6.07, 6.45) is 0. The number of carboxylic acid groups (broad SMARTS) is 1. The summed E-state index contributed by atoms with van der Waals surface area (Å²) in [5, 5.41) is 19.6. The van der Waals surface area contributed by atoms with Gasteiger partial charge in [-0.1, -0.05) is 11.6 Å². The summed E-state index contributed by atoms with van der Waals surface area (Å²) >= 11 is 5.74. The first-order valence-electron chi connectivity index (χ1n) is 5.28. The summed E-state index contributed by atoms with van der Waals surface area (Å²) in [5.74, 6) is -1.62. The Morgan fingerprint density at radius 2 is 2.15 bits per heavy atom. The number of tetrazole rings is 1. The minimum atomic E-state index is -3.72. The summed E-state index contributed by atoms with van der Waals surface area (Å²) in [4.78, 5) is 11.9. The summed E-state index contributed by atoms with van der Waals surface area (Å²) in [7, 11) is -2.21. The molecule has 1 heterocycles. The van der Waals surface area contributed by atoms with Crippen molar-refractivity contribution < 1.29 is 18.3 Å². The van der Waals surface area contributed by atoms with Gasteiger partial charge in [0.15, 0.2) is 15.7 Å². The number of aromatic carboxylic acids is 1. The van der Waals surface area contributed by atoms with Crippen LogP contribution in [0.15, 0.2) is 23.1 Å². The first kappa shape index (κ1) is 14.4. The van der Waals surface area contributed by atoms with Gasteiger partial charge in [0.2, 0.25) is 0 Å². The largest absolute Gasteiger partial charge is 0.478 e. The number of benzene rings is 1. The van der Waals surface area contributed by atoms with Gasteiger partial charge in [-0.05, 0) is 23.4 Å². The van der Waals surface area contributed by atoms with Crippen LogP contribution in [0.3, 0.4) is 0 Å². The number of hydrogen-bond acceptors (Lipinski definition) is 6. The third-order valence-electron chi connectivity index (χ3n) is 2.40. The van der Waals surface area contributed by atoms with Crippen LogP contribution in [0.5, 0.6) is 0 Å². The lowest BCUT2D eigenvalue weighted by Gasteiger charge is -2.04. The van der Waals surface area contributed by atoms with Crippen molar-refractivity contribution in [1.29, 1.82) is 0 Å². The van der Waals surface area contributed by atoms with Gasteiger partial charge >= 0.3 is 5.97 Å². The Morgan fingerprint density at radius 3 is 2.65 bits per heavy atom. The van der Waals surface area contributed by atoms with E-state index in [0.29, 0.717) is 0 Å². The van der Waals surface area contributed by atoms with Crippen molar-refractivity contribution in [2.24, 2.45) is 7.05 Å². The van der Waals surface area contributed by atoms with E-state index in [1.54, 1.807) is 0 Å². The predicted octanol–water partition coefficient (Wildman–Crippen LogP) is 0.536. The lowest BCUT2D eigenvalue weighted by molar-refractivity contribution is 0.0697. The summed E-state index contributed by atoms with van der Waals surface area (Å²) < 4.78 is 24.2. The standard InChI is InChI=1S/C10H9ClN4O4S/c1-15-13-9(12-14-15)5-20(18,19)6-2-3-7(10(16)17)8(11)4-6/h2-4H,5H2,1H3,(H,16,17). The van der Waals surface area contributed by atoms with Crippen LogP contribution in [0.4, 0.5) is 0 Å². The van der Waals surface area contributed by atoms with Gasteiger partial charge in [0.1, 0.15) is 5.75 Å². The first-order valence-corrected chi connectivity index (χ1v) is 7.31. The van der Waals surface area contributed by atoms with Gasteiger partial charge in [0.05, 0.1) is 22.5 Å². The quantitative estimate of drug-likeness (QED) is 0.875. The van der Waals surface area contributed by atoms with Crippen molar-refractivity contribution in [3.63, 3.8) is 0 Å². The second kappa shape index (κ2) is 5.17. The average Bonchev–Trinajstić information content (AvgIpc) is 2.73. The monoisotopic (exact) mass is 316 g/mol. The molecule has 0 unspecified atom stereocenters. The van der Waals surface area contributed by atoms with Crippen molar-refractivity contribution in [2.45, 2.75) is 10.6 Å². The highest BCUT2D eigenvalue weighted by molar-refractivity contribution is 7.90. The van der Waals surface area contributed by atoms with Crippen molar-refractivity contribution in [3.05, 3.63) is 34.6 Å². The Hall–Kier alpha value is -2.00. The van der Waals surface area contributed by atoms with Crippen LogP contribution in [0, 0.1) is 0 Å².